The molecule has 0 aliphatic carbocycles. The predicted octanol–water partition coefficient (Wildman–Crippen LogP) is 11.8. The number of furan rings is 1. The molecule has 6 aromatic carbocycles. The van der Waals surface area contributed by atoms with Gasteiger partial charge in [-0.3, -0.25) is 0 Å². The highest BCUT2D eigenvalue weighted by molar-refractivity contribution is 6.08. The van der Waals surface area contributed by atoms with Crippen molar-refractivity contribution in [1.29, 1.82) is 0 Å². The average molecular weight is 559 g/mol. The molecule has 0 bridgehead atoms. The van der Waals surface area contributed by atoms with E-state index in [-0.39, 0.29) is 0 Å². The van der Waals surface area contributed by atoms with Gasteiger partial charge in [-0.1, -0.05) is 54.1 Å². The minimum absolute atomic E-state index is 0.877. The summed E-state index contributed by atoms with van der Waals surface area (Å²) in [6.45, 7) is 8.54. The van der Waals surface area contributed by atoms with Crippen molar-refractivity contribution < 1.29 is 4.42 Å². The number of nitrogens with zero attached hydrogens (tertiary/aromatic N) is 2. The van der Waals surface area contributed by atoms with E-state index in [2.05, 4.69) is 171 Å². The molecular weight excluding hydrogens is 524 g/mol. The van der Waals surface area contributed by atoms with Gasteiger partial charge in [0.25, 0.3) is 0 Å². The smallest absolute Gasteiger partial charge is 0.135 e. The first kappa shape index (κ1) is 26.6. The number of hydrogen-bond acceptors (Lipinski definition) is 3. The molecule has 0 aliphatic heterocycles. The van der Waals surface area contributed by atoms with E-state index in [1.54, 1.807) is 0 Å². The maximum atomic E-state index is 6.38. The first-order valence-corrected chi connectivity index (χ1v) is 14.8. The molecule has 7 rings (SSSR count). The van der Waals surface area contributed by atoms with Crippen molar-refractivity contribution in [3.8, 4) is 0 Å². The van der Waals surface area contributed by atoms with Gasteiger partial charge < -0.3 is 14.2 Å². The van der Waals surface area contributed by atoms with Crippen molar-refractivity contribution in [3.63, 3.8) is 0 Å². The molecule has 7 aromatic rings. The molecule has 0 aliphatic rings. The zero-order valence-electron chi connectivity index (χ0n) is 25.0. The number of fused-ring (bicyclic) bond motifs is 3. The average Bonchev–Trinajstić information content (AvgIpc) is 3.36. The highest BCUT2D eigenvalue weighted by Crippen LogP contribution is 2.42. The number of aryl methyl sites for hydroxylation is 4. The molecule has 43 heavy (non-hydrogen) atoms. The summed E-state index contributed by atoms with van der Waals surface area (Å²) in [5.41, 5.74) is 13.3. The number of hydrogen-bond donors (Lipinski definition) is 0. The minimum atomic E-state index is 0.877. The number of anilines is 6. The van der Waals surface area contributed by atoms with E-state index in [9.17, 15) is 0 Å². The van der Waals surface area contributed by atoms with Gasteiger partial charge in [0.05, 0.1) is 0 Å². The van der Waals surface area contributed by atoms with Crippen LogP contribution in [-0.2, 0) is 0 Å². The lowest BCUT2D eigenvalue weighted by Crippen LogP contribution is -2.10. The molecule has 0 saturated carbocycles. The molecule has 1 aromatic heterocycles. The molecule has 0 N–H and O–H groups in total. The van der Waals surface area contributed by atoms with Crippen LogP contribution in [0, 0.1) is 27.7 Å². The van der Waals surface area contributed by atoms with Gasteiger partial charge in [0.2, 0.25) is 0 Å². The molecule has 0 atom stereocenters. The van der Waals surface area contributed by atoms with Crippen molar-refractivity contribution in [2.24, 2.45) is 0 Å². The van der Waals surface area contributed by atoms with Crippen LogP contribution >= 0.6 is 0 Å². The van der Waals surface area contributed by atoms with Gasteiger partial charge in [0, 0.05) is 44.9 Å². The predicted molar refractivity (Wildman–Crippen MR) is 182 cm³/mol. The number of benzene rings is 6. The maximum absolute atomic E-state index is 6.38. The van der Waals surface area contributed by atoms with Crippen LogP contribution in [-0.4, -0.2) is 0 Å². The Morgan fingerprint density at radius 2 is 0.721 bits per heavy atom. The molecule has 3 nitrogen and oxygen atoms in total. The molecule has 0 saturated heterocycles. The van der Waals surface area contributed by atoms with Crippen LogP contribution in [0.2, 0.25) is 0 Å². The Morgan fingerprint density at radius 3 is 1.14 bits per heavy atom. The standard InChI is InChI=1S/C40H34N2O/c1-27-14-16-31(17-15-27)41(32-11-5-8-28(2)22-32)35-18-20-39-37(25-35)38-26-36(19-21-40(38)43-39)42(33-12-6-9-29(3)23-33)34-13-7-10-30(4)24-34/h5-26H,1-4H3. The largest absolute Gasteiger partial charge is 0.456 e. The highest BCUT2D eigenvalue weighted by Gasteiger charge is 2.18. The minimum Gasteiger partial charge on any atom is -0.456 e. The van der Waals surface area contributed by atoms with Crippen LogP contribution in [0.25, 0.3) is 21.9 Å². The lowest BCUT2D eigenvalue weighted by molar-refractivity contribution is 0.669. The van der Waals surface area contributed by atoms with Crippen LogP contribution in [0.15, 0.2) is 138 Å². The third-order valence-corrected chi connectivity index (χ3v) is 8.02. The van der Waals surface area contributed by atoms with Crippen LogP contribution in [0.4, 0.5) is 34.1 Å². The van der Waals surface area contributed by atoms with E-state index >= 15 is 0 Å². The Bertz CT molecular complexity index is 2040. The normalized spacial score (nSPS) is 11.3. The summed E-state index contributed by atoms with van der Waals surface area (Å²) < 4.78 is 6.38. The Hall–Kier alpha value is -5.28. The lowest BCUT2D eigenvalue weighted by Gasteiger charge is -2.26. The Balaban J connectivity index is 1.41. The lowest BCUT2D eigenvalue weighted by atomic mass is 10.1. The fourth-order valence-corrected chi connectivity index (χ4v) is 5.92. The molecule has 0 fully saturated rings. The number of rotatable bonds is 6. The third kappa shape index (κ3) is 5.15. The Morgan fingerprint density at radius 1 is 0.349 bits per heavy atom. The molecule has 210 valence electrons. The monoisotopic (exact) mass is 558 g/mol. The van der Waals surface area contributed by atoms with Crippen molar-refractivity contribution in [2.75, 3.05) is 9.80 Å². The zero-order valence-corrected chi connectivity index (χ0v) is 25.0. The summed E-state index contributed by atoms with van der Waals surface area (Å²) in [7, 11) is 0. The third-order valence-electron chi connectivity index (χ3n) is 8.02. The molecule has 0 radical (unpaired) electrons. The van der Waals surface area contributed by atoms with E-state index in [1.165, 1.54) is 22.3 Å². The van der Waals surface area contributed by atoms with Gasteiger partial charge in [0.15, 0.2) is 0 Å². The van der Waals surface area contributed by atoms with Crippen molar-refractivity contribution in [1.82, 2.24) is 0 Å². The van der Waals surface area contributed by atoms with Crippen molar-refractivity contribution in [3.05, 3.63) is 156 Å². The molecule has 3 heteroatoms. The van der Waals surface area contributed by atoms with Crippen LogP contribution in [0.1, 0.15) is 22.3 Å². The van der Waals surface area contributed by atoms with Gasteiger partial charge in [-0.15, -0.1) is 0 Å². The summed E-state index contributed by atoms with van der Waals surface area (Å²) in [6, 6.07) is 47.7. The SMILES string of the molecule is Cc1ccc(N(c2cccc(C)c2)c2ccc3oc4ccc(N(c5cccc(C)c5)c5cccc(C)c5)cc4c3c2)cc1. The van der Waals surface area contributed by atoms with Crippen molar-refractivity contribution >= 4 is 56.1 Å². The van der Waals surface area contributed by atoms with Gasteiger partial charge >= 0.3 is 0 Å². The zero-order chi connectivity index (χ0) is 29.5. The molecule has 0 unspecified atom stereocenters. The van der Waals surface area contributed by atoms with Crippen LogP contribution in [0.5, 0.6) is 0 Å². The second kappa shape index (κ2) is 10.8. The first-order chi connectivity index (χ1) is 20.9. The summed E-state index contributed by atoms with van der Waals surface area (Å²) >= 11 is 0. The summed E-state index contributed by atoms with van der Waals surface area (Å²) in [6.07, 6.45) is 0. The van der Waals surface area contributed by atoms with E-state index in [1.807, 2.05) is 0 Å². The van der Waals surface area contributed by atoms with Crippen LogP contribution < -0.4 is 9.80 Å². The maximum Gasteiger partial charge on any atom is 0.135 e. The van der Waals surface area contributed by atoms with E-state index < -0.39 is 0 Å². The topological polar surface area (TPSA) is 19.6 Å². The highest BCUT2D eigenvalue weighted by atomic mass is 16.3. The van der Waals surface area contributed by atoms with Gasteiger partial charge in [-0.2, -0.15) is 0 Å². The summed E-state index contributed by atoms with van der Waals surface area (Å²) in [4.78, 5) is 4.65. The van der Waals surface area contributed by atoms with Gasteiger partial charge in [-0.05, 0) is 129 Å². The van der Waals surface area contributed by atoms with E-state index in [0.29, 0.717) is 0 Å². The first-order valence-electron chi connectivity index (χ1n) is 14.8. The second-order valence-corrected chi connectivity index (χ2v) is 11.5. The fourth-order valence-electron chi connectivity index (χ4n) is 5.92. The quantitative estimate of drug-likeness (QED) is 0.202. The summed E-state index contributed by atoms with van der Waals surface area (Å²) in [5.74, 6) is 0. The van der Waals surface area contributed by atoms with E-state index in [0.717, 1.165) is 56.1 Å². The molecule has 0 spiro atoms. The van der Waals surface area contributed by atoms with Crippen molar-refractivity contribution in [2.45, 2.75) is 27.7 Å². The van der Waals surface area contributed by atoms with Crippen LogP contribution in [0.3, 0.4) is 0 Å². The second-order valence-electron chi connectivity index (χ2n) is 11.5. The summed E-state index contributed by atoms with van der Waals surface area (Å²) in [5, 5.41) is 2.18. The fraction of sp³-hybridized carbons (Fsp3) is 0.100. The van der Waals surface area contributed by atoms with Gasteiger partial charge in [-0.25, -0.2) is 0 Å². The Kier molecular flexibility index (Phi) is 6.71. The molecule has 0 amide bonds. The molecule has 1 heterocycles. The van der Waals surface area contributed by atoms with E-state index in [4.69, 9.17) is 4.42 Å². The van der Waals surface area contributed by atoms with Gasteiger partial charge in [0.1, 0.15) is 11.2 Å². The Labute approximate surface area is 253 Å². The molecular formula is C40H34N2O.